The number of hydrogen-bond acceptors (Lipinski definition) is 4. The number of nitrogens with one attached hydrogen (secondary N) is 2. The highest BCUT2D eigenvalue weighted by Crippen LogP contribution is 2.18. The molecule has 0 saturated carbocycles. The minimum Gasteiger partial charge on any atom is -0.359 e. The number of nitrogens with zero attached hydrogens (tertiary/aromatic N) is 2. The summed E-state index contributed by atoms with van der Waals surface area (Å²) < 4.78 is 17.9. The Bertz CT molecular complexity index is 665. The van der Waals surface area contributed by atoms with Crippen molar-refractivity contribution >= 4 is 11.7 Å². The minimum atomic E-state index is -0.255. The van der Waals surface area contributed by atoms with E-state index in [1.165, 1.54) is 12.1 Å². The number of unbranched alkanes of at least 4 members (excludes halogenated alkanes) is 1. The summed E-state index contributed by atoms with van der Waals surface area (Å²) in [5, 5.41) is 9.37. The zero-order valence-corrected chi connectivity index (χ0v) is 14.9. The van der Waals surface area contributed by atoms with Crippen molar-refractivity contribution in [2.24, 2.45) is 0 Å². The van der Waals surface area contributed by atoms with Gasteiger partial charge in [0.1, 0.15) is 17.2 Å². The Hall–Kier alpha value is -2.41. The topological polar surface area (TPSA) is 70.4 Å². The molecule has 0 aliphatic heterocycles. The second kappa shape index (κ2) is 9.17. The van der Waals surface area contributed by atoms with Crippen molar-refractivity contribution in [1.82, 2.24) is 15.4 Å². The lowest BCUT2D eigenvalue weighted by Crippen LogP contribution is -2.30. The van der Waals surface area contributed by atoms with Gasteiger partial charge in [-0.3, -0.25) is 0 Å². The molecule has 7 heteroatoms. The van der Waals surface area contributed by atoms with Gasteiger partial charge in [-0.2, -0.15) is 0 Å². The largest absolute Gasteiger partial charge is 0.359 e. The Kier molecular flexibility index (Phi) is 6.94. The van der Waals surface area contributed by atoms with Crippen molar-refractivity contribution in [3.8, 4) is 0 Å². The number of aromatic nitrogens is 1. The van der Waals surface area contributed by atoms with Gasteiger partial charge in [-0.25, -0.2) is 9.18 Å². The number of carbonyl (C=O) groups is 1. The van der Waals surface area contributed by atoms with E-state index < -0.39 is 0 Å². The molecule has 25 heavy (non-hydrogen) atoms. The van der Waals surface area contributed by atoms with Crippen molar-refractivity contribution in [3.63, 3.8) is 0 Å². The third-order valence-corrected chi connectivity index (χ3v) is 3.89. The summed E-state index contributed by atoms with van der Waals surface area (Å²) in [6.07, 6.45) is 1.84. The molecular formula is C18H25FN4O2. The van der Waals surface area contributed by atoms with Crippen molar-refractivity contribution < 1.29 is 13.7 Å². The molecule has 0 aliphatic rings. The summed E-state index contributed by atoms with van der Waals surface area (Å²) in [5.74, 6) is 0.377. The van der Waals surface area contributed by atoms with E-state index in [4.69, 9.17) is 4.52 Å². The predicted molar refractivity (Wildman–Crippen MR) is 95.0 cm³/mol. The van der Waals surface area contributed by atoms with E-state index in [1.807, 2.05) is 7.05 Å². The number of urea groups is 1. The molecule has 0 unspecified atom stereocenters. The zero-order chi connectivity index (χ0) is 18.2. The second-order valence-electron chi connectivity index (χ2n) is 6.15. The molecule has 6 nitrogen and oxygen atoms in total. The maximum absolute atomic E-state index is 12.9. The third-order valence-electron chi connectivity index (χ3n) is 3.89. The molecule has 2 N–H and O–H groups in total. The number of aryl methyl sites for hydroxylation is 2. The molecule has 1 heterocycles. The Balaban J connectivity index is 1.59. The predicted octanol–water partition coefficient (Wildman–Crippen LogP) is 3.46. The van der Waals surface area contributed by atoms with Crippen LogP contribution < -0.4 is 10.6 Å². The van der Waals surface area contributed by atoms with Crippen LogP contribution in [0.4, 0.5) is 14.9 Å². The molecule has 0 spiro atoms. The standard InChI is InChI=1S/C18H25FN4O2/c1-13-17(14(2)25-22-13)21-18(24)20-10-4-5-11-23(3)12-15-6-8-16(19)9-7-15/h6-9H,4-5,10-12H2,1-3H3,(H2,20,21,24). The number of amides is 2. The smallest absolute Gasteiger partial charge is 0.319 e. The number of hydrogen-bond donors (Lipinski definition) is 2. The molecule has 1 aromatic carbocycles. The lowest BCUT2D eigenvalue weighted by molar-refractivity contribution is 0.251. The molecule has 2 aromatic rings. The number of carbonyl (C=O) groups excluding carboxylic acids is 1. The molecule has 1 aromatic heterocycles. The number of halogens is 1. The normalized spacial score (nSPS) is 10.9. The van der Waals surface area contributed by atoms with Gasteiger partial charge in [-0.1, -0.05) is 17.3 Å². The molecule has 0 bridgehead atoms. The molecular weight excluding hydrogens is 323 g/mol. The van der Waals surface area contributed by atoms with Crippen LogP contribution in [0.5, 0.6) is 0 Å². The summed E-state index contributed by atoms with van der Waals surface area (Å²) in [7, 11) is 2.03. The third kappa shape index (κ3) is 6.19. The van der Waals surface area contributed by atoms with Gasteiger partial charge in [0.05, 0.1) is 0 Å². The summed E-state index contributed by atoms with van der Waals surface area (Å²) in [4.78, 5) is 14.0. The van der Waals surface area contributed by atoms with Crippen molar-refractivity contribution in [3.05, 3.63) is 47.1 Å². The van der Waals surface area contributed by atoms with Crippen molar-refractivity contribution in [2.45, 2.75) is 33.2 Å². The second-order valence-corrected chi connectivity index (χ2v) is 6.15. The van der Waals surface area contributed by atoms with E-state index in [0.717, 1.165) is 31.5 Å². The fourth-order valence-corrected chi connectivity index (χ4v) is 2.51. The molecule has 0 saturated heterocycles. The van der Waals surface area contributed by atoms with Gasteiger partial charge in [0.15, 0.2) is 5.76 Å². The van der Waals surface area contributed by atoms with E-state index in [9.17, 15) is 9.18 Å². The Morgan fingerprint density at radius 3 is 2.60 bits per heavy atom. The van der Waals surface area contributed by atoms with Crippen LogP contribution in [0, 0.1) is 19.7 Å². The van der Waals surface area contributed by atoms with Gasteiger partial charge in [0.25, 0.3) is 0 Å². The minimum absolute atomic E-state index is 0.215. The van der Waals surface area contributed by atoms with Crippen LogP contribution in [0.3, 0.4) is 0 Å². The van der Waals surface area contributed by atoms with Crippen LogP contribution in [-0.2, 0) is 6.54 Å². The molecule has 0 atom stereocenters. The van der Waals surface area contributed by atoms with Crippen LogP contribution >= 0.6 is 0 Å². The number of benzene rings is 1. The lowest BCUT2D eigenvalue weighted by atomic mass is 10.2. The Labute approximate surface area is 147 Å². The highest BCUT2D eigenvalue weighted by atomic mass is 19.1. The Morgan fingerprint density at radius 1 is 1.24 bits per heavy atom. The van der Waals surface area contributed by atoms with E-state index in [-0.39, 0.29) is 11.8 Å². The molecule has 0 fully saturated rings. The maximum Gasteiger partial charge on any atom is 0.319 e. The van der Waals surface area contributed by atoms with Gasteiger partial charge < -0.3 is 20.1 Å². The van der Waals surface area contributed by atoms with Crippen LogP contribution in [0.15, 0.2) is 28.8 Å². The Morgan fingerprint density at radius 2 is 1.96 bits per heavy atom. The first-order chi connectivity index (χ1) is 12.0. The van der Waals surface area contributed by atoms with Gasteiger partial charge in [0.2, 0.25) is 0 Å². The van der Waals surface area contributed by atoms with E-state index in [1.54, 1.807) is 26.0 Å². The maximum atomic E-state index is 12.9. The lowest BCUT2D eigenvalue weighted by Gasteiger charge is -2.16. The van der Waals surface area contributed by atoms with Gasteiger partial charge in [-0.15, -0.1) is 0 Å². The molecule has 0 aliphatic carbocycles. The summed E-state index contributed by atoms with van der Waals surface area (Å²) in [6, 6.07) is 6.29. The van der Waals surface area contributed by atoms with E-state index in [0.29, 0.717) is 23.7 Å². The fourth-order valence-electron chi connectivity index (χ4n) is 2.51. The summed E-state index contributed by atoms with van der Waals surface area (Å²) in [6.45, 7) is 5.82. The van der Waals surface area contributed by atoms with Gasteiger partial charge >= 0.3 is 6.03 Å². The van der Waals surface area contributed by atoms with Gasteiger partial charge in [0, 0.05) is 13.1 Å². The zero-order valence-electron chi connectivity index (χ0n) is 14.9. The molecule has 0 radical (unpaired) electrons. The van der Waals surface area contributed by atoms with Gasteiger partial charge in [-0.05, 0) is 58.0 Å². The summed E-state index contributed by atoms with van der Waals surface area (Å²) >= 11 is 0. The first-order valence-electron chi connectivity index (χ1n) is 8.36. The summed E-state index contributed by atoms with van der Waals surface area (Å²) in [5.41, 5.74) is 2.37. The fraction of sp³-hybridized carbons (Fsp3) is 0.444. The highest BCUT2D eigenvalue weighted by Gasteiger charge is 2.11. The molecule has 136 valence electrons. The van der Waals surface area contributed by atoms with Crippen molar-refractivity contribution in [1.29, 1.82) is 0 Å². The van der Waals surface area contributed by atoms with Crippen LogP contribution in [-0.4, -0.2) is 36.2 Å². The highest BCUT2D eigenvalue weighted by molar-refractivity contribution is 5.90. The van der Waals surface area contributed by atoms with Crippen LogP contribution in [0.1, 0.15) is 29.9 Å². The monoisotopic (exact) mass is 348 g/mol. The average Bonchev–Trinajstić information content (AvgIpc) is 2.88. The number of anilines is 1. The quantitative estimate of drug-likeness (QED) is 0.717. The van der Waals surface area contributed by atoms with Crippen LogP contribution in [0.25, 0.3) is 0 Å². The van der Waals surface area contributed by atoms with E-state index >= 15 is 0 Å². The first-order valence-corrected chi connectivity index (χ1v) is 8.36. The molecule has 2 rings (SSSR count). The first kappa shape index (κ1) is 18.9. The average molecular weight is 348 g/mol. The number of rotatable bonds is 8. The van der Waals surface area contributed by atoms with Crippen LogP contribution in [0.2, 0.25) is 0 Å². The van der Waals surface area contributed by atoms with E-state index in [2.05, 4.69) is 20.7 Å². The van der Waals surface area contributed by atoms with Crippen molar-refractivity contribution in [2.75, 3.05) is 25.5 Å². The molecule has 2 amide bonds. The SMILES string of the molecule is Cc1noc(C)c1NC(=O)NCCCCN(C)Cc1ccc(F)cc1.